The first-order valence-corrected chi connectivity index (χ1v) is 4.29. The lowest BCUT2D eigenvalue weighted by Crippen LogP contribution is -2.07. The molecule has 1 aromatic carbocycles. The van der Waals surface area contributed by atoms with Gasteiger partial charge in [-0.1, -0.05) is 11.6 Å². The molecule has 7 heteroatoms. The molecule has 0 atom stereocenters. The summed E-state index contributed by atoms with van der Waals surface area (Å²) in [4.78, 5) is 27.4. The SMILES string of the molecule is O=c1[nH]cnc2c([N+](=O)[O-])c(Cl)ccc12. The minimum atomic E-state index is -0.656. The molecule has 2 rings (SSSR count). The first-order valence-electron chi connectivity index (χ1n) is 3.91. The number of aromatic nitrogens is 2. The quantitative estimate of drug-likeness (QED) is 0.588. The van der Waals surface area contributed by atoms with Gasteiger partial charge in [-0.2, -0.15) is 0 Å². The predicted octanol–water partition coefficient (Wildman–Crippen LogP) is 1.48. The van der Waals surface area contributed by atoms with Crippen molar-refractivity contribution in [3.8, 4) is 0 Å². The summed E-state index contributed by atoms with van der Waals surface area (Å²) in [5.74, 6) is 0. The first-order chi connectivity index (χ1) is 7.11. The van der Waals surface area contributed by atoms with Crippen LogP contribution >= 0.6 is 11.6 Å². The Morgan fingerprint density at radius 2 is 2.20 bits per heavy atom. The summed E-state index contributed by atoms with van der Waals surface area (Å²) < 4.78 is 0. The fraction of sp³-hybridized carbons (Fsp3) is 0. The maximum atomic E-state index is 11.3. The highest BCUT2D eigenvalue weighted by atomic mass is 35.5. The van der Waals surface area contributed by atoms with E-state index in [1.807, 2.05) is 0 Å². The Morgan fingerprint density at radius 1 is 1.47 bits per heavy atom. The molecule has 0 unspecified atom stereocenters. The van der Waals surface area contributed by atoms with Crippen LogP contribution in [0.3, 0.4) is 0 Å². The lowest BCUT2D eigenvalue weighted by Gasteiger charge is -1.98. The molecule has 76 valence electrons. The van der Waals surface area contributed by atoms with Gasteiger partial charge in [0.15, 0.2) is 5.52 Å². The number of H-pyrrole nitrogens is 1. The Hall–Kier alpha value is -1.95. The van der Waals surface area contributed by atoms with Crippen molar-refractivity contribution < 1.29 is 4.92 Å². The Bertz CT molecular complexity index is 608. The van der Waals surface area contributed by atoms with Gasteiger partial charge < -0.3 is 4.98 Å². The summed E-state index contributed by atoms with van der Waals surface area (Å²) in [7, 11) is 0. The monoisotopic (exact) mass is 225 g/mol. The Balaban J connectivity index is 3.01. The summed E-state index contributed by atoms with van der Waals surface area (Å²) in [6, 6.07) is 2.70. The number of nitro groups is 1. The number of rotatable bonds is 1. The van der Waals surface area contributed by atoms with E-state index in [2.05, 4.69) is 9.97 Å². The van der Waals surface area contributed by atoms with Crippen LogP contribution in [0.5, 0.6) is 0 Å². The molecule has 1 aromatic heterocycles. The third-order valence-corrected chi connectivity index (χ3v) is 2.22. The van der Waals surface area contributed by atoms with Crippen molar-refractivity contribution in [2.24, 2.45) is 0 Å². The maximum Gasteiger partial charge on any atom is 0.314 e. The number of nitrogens with one attached hydrogen (secondary N) is 1. The number of hydrogen-bond acceptors (Lipinski definition) is 4. The molecule has 0 aliphatic carbocycles. The minimum absolute atomic E-state index is 0.00347. The molecular formula is C8H4ClN3O3. The van der Waals surface area contributed by atoms with Gasteiger partial charge in [-0.25, -0.2) is 4.98 Å². The second-order valence-electron chi connectivity index (χ2n) is 2.78. The van der Waals surface area contributed by atoms with Crippen LogP contribution in [-0.2, 0) is 0 Å². The van der Waals surface area contributed by atoms with Gasteiger partial charge in [-0.3, -0.25) is 14.9 Å². The van der Waals surface area contributed by atoms with E-state index in [9.17, 15) is 14.9 Å². The van der Waals surface area contributed by atoms with Crippen LogP contribution in [0, 0.1) is 10.1 Å². The van der Waals surface area contributed by atoms with Crippen LogP contribution in [0.2, 0.25) is 5.02 Å². The zero-order chi connectivity index (χ0) is 11.0. The number of benzene rings is 1. The van der Waals surface area contributed by atoms with Crippen molar-refractivity contribution in [3.63, 3.8) is 0 Å². The van der Waals surface area contributed by atoms with Gasteiger partial charge in [-0.05, 0) is 12.1 Å². The average molecular weight is 226 g/mol. The summed E-state index contributed by atoms with van der Waals surface area (Å²) in [5, 5.41) is 10.8. The van der Waals surface area contributed by atoms with Crippen molar-refractivity contribution in [2.45, 2.75) is 0 Å². The zero-order valence-electron chi connectivity index (χ0n) is 7.23. The van der Waals surface area contributed by atoms with E-state index in [-0.39, 0.29) is 21.6 Å². The average Bonchev–Trinajstić information content (AvgIpc) is 2.17. The topological polar surface area (TPSA) is 88.9 Å². The van der Waals surface area contributed by atoms with E-state index < -0.39 is 10.5 Å². The van der Waals surface area contributed by atoms with E-state index in [0.29, 0.717) is 0 Å². The van der Waals surface area contributed by atoms with Gasteiger partial charge >= 0.3 is 5.69 Å². The maximum absolute atomic E-state index is 11.3. The molecule has 0 radical (unpaired) electrons. The van der Waals surface area contributed by atoms with E-state index in [0.717, 1.165) is 6.33 Å². The largest absolute Gasteiger partial charge is 0.314 e. The highest BCUT2D eigenvalue weighted by molar-refractivity contribution is 6.33. The predicted molar refractivity (Wildman–Crippen MR) is 54.0 cm³/mol. The normalized spacial score (nSPS) is 10.5. The van der Waals surface area contributed by atoms with E-state index in [4.69, 9.17) is 11.6 Å². The van der Waals surface area contributed by atoms with Crippen LogP contribution in [-0.4, -0.2) is 14.9 Å². The molecule has 0 fully saturated rings. The van der Waals surface area contributed by atoms with Crippen molar-refractivity contribution >= 4 is 28.2 Å². The van der Waals surface area contributed by atoms with E-state index in [1.165, 1.54) is 12.1 Å². The zero-order valence-corrected chi connectivity index (χ0v) is 7.99. The number of hydrogen-bond donors (Lipinski definition) is 1. The van der Waals surface area contributed by atoms with Gasteiger partial charge in [0.05, 0.1) is 16.6 Å². The third-order valence-electron chi connectivity index (χ3n) is 1.92. The molecule has 15 heavy (non-hydrogen) atoms. The molecule has 0 saturated heterocycles. The third kappa shape index (κ3) is 1.44. The summed E-state index contributed by atoms with van der Waals surface area (Å²) in [6.45, 7) is 0. The molecule has 1 heterocycles. The van der Waals surface area contributed by atoms with Crippen LogP contribution in [0.25, 0.3) is 10.9 Å². The fourth-order valence-corrected chi connectivity index (χ4v) is 1.50. The minimum Gasteiger partial charge on any atom is -0.313 e. The highest BCUT2D eigenvalue weighted by Crippen LogP contribution is 2.29. The molecule has 0 spiro atoms. The van der Waals surface area contributed by atoms with Gasteiger partial charge in [0, 0.05) is 0 Å². The molecule has 6 nitrogen and oxygen atoms in total. The first kappa shape index (κ1) is 9.60. The number of fused-ring (bicyclic) bond motifs is 1. The van der Waals surface area contributed by atoms with Gasteiger partial charge in [-0.15, -0.1) is 0 Å². The van der Waals surface area contributed by atoms with Crippen molar-refractivity contribution in [3.05, 3.63) is 44.0 Å². The summed E-state index contributed by atoms with van der Waals surface area (Å²) in [6.07, 6.45) is 1.11. The molecule has 1 N–H and O–H groups in total. The van der Waals surface area contributed by atoms with Crippen LogP contribution in [0.15, 0.2) is 23.3 Å². The van der Waals surface area contributed by atoms with Crippen molar-refractivity contribution in [1.82, 2.24) is 9.97 Å². The molecule has 2 aromatic rings. The molecule has 0 amide bonds. The molecule has 0 aliphatic rings. The lowest BCUT2D eigenvalue weighted by molar-refractivity contribution is -0.383. The van der Waals surface area contributed by atoms with E-state index in [1.54, 1.807) is 0 Å². The fourth-order valence-electron chi connectivity index (χ4n) is 1.28. The standard InChI is InChI=1S/C8H4ClN3O3/c9-5-2-1-4-6(7(5)12(14)15)10-3-11-8(4)13/h1-3H,(H,10,11,13). The number of aromatic amines is 1. The van der Waals surface area contributed by atoms with E-state index >= 15 is 0 Å². The lowest BCUT2D eigenvalue weighted by atomic mass is 10.2. The van der Waals surface area contributed by atoms with Crippen LogP contribution in [0.1, 0.15) is 0 Å². The second kappa shape index (κ2) is 3.32. The molecule has 0 saturated carbocycles. The smallest absolute Gasteiger partial charge is 0.313 e. The van der Waals surface area contributed by atoms with Gasteiger partial charge in [0.2, 0.25) is 0 Å². The summed E-state index contributed by atoms with van der Waals surface area (Å²) in [5.41, 5.74) is -0.781. The number of halogens is 1. The van der Waals surface area contributed by atoms with Gasteiger partial charge in [0.25, 0.3) is 5.56 Å². The van der Waals surface area contributed by atoms with Crippen molar-refractivity contribution in [2.75, 3.05) is 0 Å². The summed E-state index contributed by atoms with van der Waals surface area (Å²) >= 11 is 5.66. The molecule has 0 bridgehead atoms. The molecule has 0 aliphatic heterocycles. The second-order valence-corrected chi connectivity index (χ2v) is 3.19. The highest BCUT2D eigenvalue weighted by Gasteiger charge is 2.19. The Labute approximate surface area is 87.7 Å². The van der Waals surface area contributed by atoms with Crippen LogP contribution in [0.4, 0.5) is 5.69 Å². The number of nitrogens with zero attached hydrogens (tertiary/aromatic N) is 2. The van der Waals surface area contributed by atoms with Gasteiger partial charge in [0.1, 0.15) is 5.02 Å². The number of nitro benzene ring substituents is 1. The van der Waals surface area contributed by atoms with Crippen molar-refractivity contribution in [1.29, 1.82) is 0 Å². The Kier molecular flexibility index (Phi) is 2.12. The Morgan fingerprint density at radius 3 is 2.87 bits per heavy atom. The van der Waals surface area contributed by atoms with Crippen LogP contribution < -0.4 is 5.56 Å². The molecular weight excluding hydrogens is 222 g/mol.